The van der Waals surface area contributed by atoms with Gasteiger partial charge in [-0.25, -0.2) is 0 Å². The third kappa shape index (κ3) is 3.18. The number of Topliss-reactive ketones (excluding diaryl/α,β-unsaturated/α-hetero) is 2. The Hall–Kier alpha value is -1.78. The lowest BCUT2D eigenvalue weighted by Crippen LogP contribution is -2.04. The number of halogens is 1. The summed E-state index contributed by atoms with van der Waals surface area (Å²) in [4.78, 5) is 24.5. The number of hydrogen-bond donors (Lipinski definition) is 0. The topological polar surface area (TPSA) is 34.1 Å². The lowest BCUT2D eigenvalue weighted by Gasteiger charge is -2.02. The standard InChI is InChI=1S/C18H13BrO2S/c19-13-5-3-4-12(10-13)16(20)8-9-17(21)15-11-22-18-7-2-1-6-14(15)18/h1-7,10-11H,8-9H2. The largest absolute Gasteiger partial charge is 0.294 e. The Balaban J connectivity index is 1.71. The summed E-state index contributed by atoms with van der Waals surface area (Å²) in [5, 5.41) is 2.86. The predicted octanol–water partition coefficient (Wildman–Crippen LogP) is 5.51. The monoisotopic (exact) mass is 372 g/mol. The first-order chi connectivity index (χ1) is 10.6. The number of carbonyl (C=O) groups excluding carboxylic acids is 2. The van der Waals surface area contributed by atoms with Crippen molar-refractivity contribution in [3.05, 3.63) is 69.5 Å². The number of carbonyl (C=O) groups is 2. The number of benzene rings is 2. The van der Waals surface area contributed by atoms with Crippen LogP contribution in [0.15, 0.2) is 58.4 Å². The zero-order valence-corrected chi connectivity index (χ0v) is 14.1. The van der Waals surface area contributed by atoms with Crippen molar-refractivity contribution in [3.63, 3.8) is 0 Å². The Morgan fingerprint density at radius 2 is 1.73 bits per heavy atom. The molecule has 0 N–H and O–H groups in total. The summed E-state index contributed by atoms with van der Waals surface area (Å²) in [6, 6.07) is 15.1. The maximum absolute atomic E-state index is 12.4. The minimum absolute atomic E-state index is 0.00538. The molecule has 0 fully saturated rings. The molecule has 0 aliphatic heterocycles. The molecule has 0 radical (unpaired) electrons. The number of hydrogen-bond acceptors (Lipinski definition) is 3. The van der Waals surface area contributed by atoms with Gasteiger partial charge >= 0.3 is 0 Å². The first-order valence-corrected chi connectivity index (χ1v) is 8.60. The molecule has 1 aromatic heterocycles. The Labute approximate surface area is 140 Å². The Morgan fingerprint density at radius 3 is 2.55 bits per heavy atom. The maximum atomic E-state index is 12.4. The molecule has 0 spiro atoms. The van der Waals surface area contributed by atoms with E-state index in [4.69, 9.17) is 0 Å². The molecule has 0 amide bonds. The molecular weight excluding hydrogens is 360 g/mol. The van der Waals surface area contributed by atoms with Crippen LogP contribution in [0.3, 0.4) is 0 Å². The van der Waals surface area contributed by atoms with E-state index in [-0.39, 0.29) is 24.4 Å². The van der Waals surface area contributed by atoms with Crippen molar-refractivity contribution in [1.82, 2.24) is 0 Å². The van der Waals surface area contributed by atoms with E-state index < -0.39 is 0 Å². The van der Waals surface area contributed by atoms with Crippen molar-refractivity contribution in [1.29, 1.82) is 0 Å². The van der Waals surface area contributed by atoms with E-state index in [2.05, 4.69) is 15.9 Å². The van der Waals surface area contributed by atoms with Crippen LogP contribution in [0.4, 0.5) is 0 Å². The van der Waals surface area contributed by atoms with Crippen LogP contribution < -0.4 is 0 Å². The average molecular weight is 373 g/mol. The van der Waals surface area contributed by atoms with Gasteiger partial charge in [0.2, 0.25) is 0 Å². The van der Waals surface area contributed by atoms with Gasteiger partial charge in [0.05, 0.1) is 0 Å². The fraction of sp³-hybridized carbons (Fsp3) is 0.111. The molecule has 0 aliphatic carbocycles. The first kappa shape index (κ1) is 15.1. The van der Waals surface area contributed by atoms with Crippen LogP contribution in [0.2, 0.25) is 0 Å². The van der Waals surface area contributed by atoms with Gasteiger partial charge in [-0.15, -0.1) is 11.3 Å². The van der Waals surface area contributed by atoms with Gasteiger partial charge in [0.1, 0.15) is 0 Å². The van der Waals surface area contributed by atoms with Crippen LogP contribution in [0.25, 0.3) is 10.1 Å². The Bertz CT molecular complexity index is 851. The van der Waals surface area contributed by atoms with Crippen LogP contribution in [-0.2, 0) is 0 Å². The van der Waals surface area contributed by atoms with E-state index in [0.29, 0.717) is 5.56 Å². The van der Waals surface area contributed by atoms with Crippen molar-refractivity contribution >= 4 is 48.9 Å². The van der Waals surface area contributed by atoms with Gasteiger partial charge in [-0.2, -0.15) is 0 Å². The molecule has 1 heterocycles. The van der Waals surface area contributed by atoms with Gasteiger partial charge in [0.15, 0.2) is 11.6 Å². The van der Waals surface area contributed by atoms with Gasteiger partial charge in [0.25, 0.3) is 0 Å². The Kier molecular flexibility index (Phi) is 4.50. The quantitative estimate of drug-likeness (QED) is 0.553. The van der Waals surface area contributed by atoms with Crippen LogP contribution in [-0.4, -0.2) is 11.6 Å². The maximum Gasteiger partial charge on any atom is 0.164 e. The minimum atomic E-state index is -0.00538. The van der Waals surface area contributed by atoms with Crippen molar-refractivity contribution in [2.24, 2.45) is 0 Å². The smallest absolute Gasteiger partial charge is 0.164 e. The number of rotatable bonds is 5. The van der Waals surface area contributed by atoms with Crippen molar-refractivity contribution in [2.45, 2.75) is 12.8 Å². The van der Waals surface area contributed by atoms with Gasteiger partial charge in [-0.1, -0.05) is 46.3 Å². The van der Waals surface area contributed by atoms with E-state index in [9.17, 15) is 9.59 Å². The highest BCUT2D eigenvalue weighted by molar-refractivity contribution is 9.10. The van der Waals surface area contributed by atoms with Gasteiger partial charge in [-0.3, -0.25) is 9.59 Å². The summed E-state index contributed by atoms with van der Waals surface area (Å²) < 4.78 is 1.97. The third-order valence-corrected chi connectivity index (χ3v) is 4.96. The highest BCUT2D eigenvalue weighted by Crippen LogP contribution is 2.27. The van der Waals surface area contributed by atoms with Crippen molar-refractivity contribution in [3.8, 4) is 0 Å². The number of thiophene rings is 1. The van der Waals surface area contributed by atoms with Crippen LogP contribution in [0, 0.1) is 0 Å². The van der Waals surface area contributed by atoms with Crippen molar-refractivity contribution < 1.29 is 9.59 Å². The second-order valence-corrected chi connectivity index (χ2v) is 6.83. The van der Waals surface area contributed by atoms with Gasteiger partial charge < -0.3 is 0 Å². The molecule has 0 atom stereocenters. The molecule has 0 aliphatic rings. The average Bonchev–Trinajstić information content (AvgIpc) is 2.96. The molecule has 0 unspecified atom stereocenters. The third-order valence-electron chi connectivity index (χ3n) is 3.51. The van der Waals surface area contributed by atoms with Crippen LogP contribution >= 0.6 is 27.3 Å². The van der Waals surface area contributed by atoms with Crippen molar-refractivity contribution in [2.75, 3.05) is 0 Å². The summed E-state index contributed by atoms with van der Waals surface area (Å²) in [6.45, 7) is 0. The predicted molar refractivity (Wildman–Crippen MR) is 93.9 cm³/mol. The zero-order valence-electron chi connectivity index (χ0n) is 11.7. The lowest BCUT2D eigenvalue weighted by molar-refractivity contribution is 0.0918. The number of ketones is 2. The van der Waals surface area contributed by atoms with E-state index in [0.717, 1.165) is 20.1 Å². The second kappa shape index (κ2) is 6.55. The zero-order chi connectivity index (χ0) is 15.5. The molecule has 0 bridgehead atoms. The fourth-order valence-electron chi connectivity index (χ4n) is 2.36. The summed E-state index contributed by atoms with van der Waals surface area (Å²) in [7, 11) is 0. The SMILES string of the molecule is O=C(CCC(=O)c1csc2ccccc12)c1cccc(Br)c1. The highest BCUT2D eigenvalue weighted by Gasteiger charge is 2.14. The molecular formula is C18H13BrO2S. The van der Waals surface area contributed by atoms with E-state index in [1.807, 2.05) is 41.8 Å². The fourth-order valence-corrected chi connectivity index (χ4v) is 3.73. The number of fused-ring (bicyclic) bond motifs is 1. The van der Waals surface area contributed by atoms with E-state index >= 15 is 0 Å². The molecule has 110 valence electrons. The molecule has 2 nitrogen and oxygen atoms in total. The summed E-state index contributed by atoms with van der Waals surface area (Å²) in [5.74, 6) is 0.0231. The van der Waals surface area contributed by atoms with Crippen LogP contribution in [0.1, 0.15) is 33.6 Å². The minimum Gasteiger partial charge on any atom is -0.294 e. The van der Waals surface area contributed by atoms with Gasteiger partial charge in [0, 0.05) is 43.9 Å². The Morgan fingerprint density at radius 1 is 0.955 bits per heavy atom. The molecule has 2 aromatic carbocycles. The molecule has 3 aromatic rings. The molecule has 22 heavy (non-hydrogen) atoms. The molecule has 0 saturated heterocycles. The molecule has 0 saturated carbocycles. The first-order valence-electron chi connectivity index (χ1n) is 6.93. The summed E-state index contributed by atoms with van der Waals surface area (Å²) in [5.41, 5.74) is 1.36. The highest BCUT2D eigenvalue weighted by atomic mass is 79.9. The summed E-state index contributed by atoms with van der Waals surface area (Å²) in [6.07, 6.45) is 0.478. The summed E-state index contributed by atoms with van der Waals surface area (Å²) >= 11 is 4.91. The van der Waals surface area contributed by atoms with Gasteiger partial charge in [-0.05, 0) is 18.2 Å². The van der Waals surface area contributed by atoms with E-state index in [1.165, 1.54) is 0 Å². The second-order valence-electron chi connectivity index (χ2n) is 5.00. The van der Waals surface area contributed by atoms with E-state index in [1.54, 1.807) is 23.5 Å². The molecule has 3 rings (SSSR count). The van der Waals surface area contributed by atoms with Crippen LogP contribution in [0.5, 0.6) is 0 Å². The normalized spacial score (nSPS) is 10.8. The molecule has 4 heteroatoms. The lowest BCUT2D eigenvalue weighted by atomic mass is 10.0.